The summed E-state index contributed by atoms with van der Waals surface area (Å²) in [4.78, 5) is 11.9. The average molecular weight is 274 g/mol. The first-order valence-electron chi connectivity index (χ1n) is 7.87. The van der Waals surface area contributed by atoms with E-state index in [0.29, 0.717) is 6.42 Å². The zero-order chi connectivity index (χ0) is 14.2. The van der Waals surface area contributed by atoms with Gasteiger partial charge >= 0.3 is 0 Å². The van der Waals surface area contributed by atoms with Crippen LogP contribution >= 0.6 is 0 Å². The molecule has 1 fully saturated rings. The fourth-order valence-corrected chi connectivity index (χ4v) is 2.83. The summed E-state index contributed by atoms with van der Waals surface area (Å²) in [5.41, 5.74) is 2.15. The van der Waals surface area contributed by atoms with Gasteiger partial charge in [-0.05, 0) is 36.6 Å². The van der Waals surface area contributed by atoms with Crippen molar-refractivity contribution in [3.63, 3.8) is 0 Å². The van der Waals surface area contributed by atoms with Gasteiger partial charge in [0.1, 0.15) is 0 Å². The highest BCUT2D eigenvalue weighted by Gasteiger charge is 2.16. The van der Waals surface area contributed by atoms with Gasteiger partial charge in [-0.15, -0.1) is 0 Å². The van der Waals surface area contributed by atoms with Crippen molar-refractivity contribution in [2.75, 3.05) is 11.9 Å². The maximum Gasteiger partial charge on any atom is 0.224 e. The van der Waals surface area contributed by atoms with Crippen LogP contribution in [0.2, 0.25) is 0 Å². The molecule has 1 amide bonds. The third-order valence-electron chi connectivity index (χ3n) is 4.07. The van der Waals surface area contributed by atoms with Crippen LogP contribution in [0.15, 0.2) is 24.3 Å². The molecule has 1 aromatic carbocycles. The predicted molar refractivity (Wildman–Crippen MR) is 83.6 cm³/mol. The van der Waals surface area contributed by atoms with Crippen molar-refractivity contribution >= 4 is 11.6 Å². The zero-order valence-electron chi connectivity index (χ0n) is 12.5. The first-order chi connectivity index (χ1) is 9.78. The van der Waals surface area contributed by atoms with Crippen LogP contribution in [0, 0.1) is 5.92 Å². The minimum Gasteiger partial charge on any atom is -0.326 e. The normalized spacial score (nSPS) is 15.4. The lowest BCUT2D eigenvalue weighted by Gasteiger charge is -2.09. The van der Waals surface area contributed by atoms with Crippen molar-refractivity contribution < 1.29 is 4.79 Å². The van der Waals surface area contributed by atoms with Crippen LogP contribution in [0.25, 0.3) is 0 Å². The monoisotopic (exact) mass is 274 g/mol. The SMILES string of the molecule is CCNCc1ccc(NC(=O)CCC2CCCC2)cc1. The summed E-state index contributed by atoms with van der Waals surface area (Å²) in [7, 11) is 0. The first-order valence-corrected chi connectivity index (χ1v) is 7.87. The van der Waals surface area contributed by atoms with Crippen molar-refractivity contribution in [3.05, 3.63) is 29.8 Å². The lowest BCUT2D eigenvalue weighted by molar-refractivity contribution is -0.116. The van der Waals surface area contributed by atoms with E-state index in [1.54, 1.807) is 0 Å². The van der Waals surface area contributed by atoms with Gasteiger partial charge in [0.2, 0.25) is 5.91 Å². The molecule has 110 valence electrons. The van der Waals surface area contributed by atoms with Crippen LogP contribution in [0.5, 0.6) is 0 Å². The molecule has 0 heterocycles. The molecule has 0 atom stereocenters. The summed E-state index contributed by atoms with van der Waals surface area (Å²) in [6, 6.07) is 8.10. The molecule has 1 saturated carbocycles. The van der Waals surface area contributed by atoms with E-state index in [0.717, 1.165) is 31.1 Å². The van der Waals surface area contributed by atoms with Gasteiger partial charge in [-0.25, -0.2) is 0 Å². The highest BCUT2D eigenvalue weighted by atomic mass is 16.1. The molecular weight excluding hydrogens is 248 g/mol. The zero-order valence-corrected chi connectivity index (χ0v) is 12.5. The van der Waals surface area contributed by atoms with E-state index >= 15 is 0 Å². The molecule has 0 unspecified atom stereocenters. The number of amides is 1. The van der Waals surface area contributed by atoms with E-state index in [1.165, 1.54) is 31.2 Å². The number of anilines is 1. The third kappa shape index (κ3) is 4.97. The summed E-state index contributed by atoms with van der Waals surface area (Å²) in [6.07, 6.45) is 7.02. The van der Waals surface area contributed by atoms with Crippen LogP contribution < -0.4 is 10.6 Å². The lowest BCUT2D eigenvalue weighted by atomic mass is 10.0. The Bertz CT molecular complexity index is 408. The van der Waals surface area contributed by atoms with Crippen molar-refractivity contribution in [2.24, 2.45) is 5.92 Å². The van der Waals surface area contributed by atoms with Crippen molar-refractivity contribution in [1.82, 2.24) is 5.32 Å². The molecule has 0 radical (unpaired) electrons. The lowest BCUT2D eigenvalue weighted by Crippen LogP contribution is -2.13. The number of carbonyl (C=O) groups is 1. The molecule has 0 aromatic heterocycles. The number of hydrogen-bond donors (Lipinski definition) is 2. The van der Waals surface area contributed by atoms with E-state index in [-0.39, 0.29) is 5.91 Å². The topological polar surface area (TPSA) is 41.1 Å². The van der Waals surface area contributed by atoms with Gasteiger partial charge in [0.25, 0.3) is 0 Å². The summed E-state index contributed by atoms with van der Waals surface area (Å²) in [5.74, 6) is 0.930. The smallest absolute Gasteiger partial charge is 0.224 e. The highest BCUT2D eigenvalue weighted by molar-refractivity contribution is 5.90. The second kappa shape index (κ2) is 8.05. The number of benzene rings is 1. The molecule has 20 heavy (non-hydrogen) atoms. The highest BCUT2D eigenvalue weighted by Crippen LogP contribution is 2.28. The molecule has 0 saturated heterocycles. The molecule has 1 aliphatic carbocycles. The Balaban J connectivity index is 1.72. The summed E-state index contributed by atoms with van der Waals surface area (Å²) in [6.45, 7) is 3.95. The fourth-order valence-electron chi connectivity index (χ4n) is 2.83. The number of carbonyl (C=O) groups excluding carboxylic acids is 1. The van der Waals surface area contributed by atoms with Crippen molar-refractivity contribution in [1.29, 1.82) is 0 Å². The Morgan fingerprint density at radius 2 is 1.90 bits per heavy atom. The van der Waals surface area contributed by atoms with E-state index in [2.05, 4.69) is 29.7 Å². The van der Waals surface area contributed by atoms with Gasteiger partial charge in [0.15, 0.2) is 0 Å². The quantitative estimate of drug-likeness (QED) is 0.796. The summed E-state index contributed by atoms with van der Waals surface area (Å²) < 4.78 is 0. The molecule has 2 N–H and O–H groups in total. The van der Waals surface area contributed by atoms with E-state index in [1.807, 2.05) is 12.1 Å². The number of rotatable bonds is 7. The molecular formula is C17H26N2O. The number of hydrogen-bond acceptors (Lipinski definition) is 2. The average Bonchev–Trinajstić information content (AvgIpc) is 2.98. The third-order valence-corrected chi connectivity index (χ3v) is 4.07. The largest absolute Gasteiger partial charge is 0.326 e. The fraction of sp³-hybridized carbons (Fsp3) is 0.588. The number of nitrogens with one attached hydrogen (secondary N) is 2. The Hall–Kier alpha value is -1.35. The Morgan fingerprint density at radius 1 is 1.20 bits per heavy atom. The Labute approximate surface area is 122 Å². The van der Waals surface area contributed by atoms with Gasteiger partial charge in [-0.3, -0.25) is 4.79 Å². The summed E-state index contributed by atoms with van der Waals surface area (Å²) >= 11 is 0. The molecule has 0 spiro atoms. The second-order valence-electron chi connectivity index (χ2n) is 5.71. The molecule has 0 aliphatic heterocycles. The van der Waals surface area contributed by atoms with Crippen LogP contribution in [0.4, 0.5) is 5.69 Å². The molecule has 2 rings (SSSR count). The van der Waals surface area contributed by atoms with E-state index in [4.69, 9.17) is 0 Å². The molecule has 3 nitrogen and oxygen atoms in total. The molecule has 3 heteroatoms. The van der Waals surface area contributed by atoms with Gasteiger partial charge in [-0.1, -0.05) is 44.7 Å². The second-order valence-corrected chi connectivity index (χ2v) is 5.71. The minimum atomic E-state index is 0.149. The molecule has 0 bridgehead atoms. The van der Waals surface area contributed by atoms with Crippen LogP contribution in [-0.2, 0) is 11.3 Å². The van der Waals surface area contributed by atoms with Crippen LogP contribution in [0.3, 0.4) is 0 Å². The predicted octanol–water partition coefficient (Wildman–Crippen LogP) is 3.71. The standard InChI is InChI=1S/C17H26N2O/c1-2-18-13-15-7-10-16(11-8-15)19-17(20)12-9-14-5-3-4-6-14/h7-8,10-11,14,18H,2-6,9,12-13H2,1H3,(H,19,20). The van der Waals surface area contributed by atoms with Gasteiger partial charge in [0, 0.05) is 18.7 Å². The van der Waals surface area contributed by atoms with Crippen molar-refractivity contribution in [2.45, 2.75) is 52.0 Å². The van der Waals surface area contributed by atoms with E-state index in [9.17, 15) is 4.79 Å². The maximum atomic E-state index is 11.9. The van der Waals surface area contributed by atoms with Gasteiger partial charge in [0.05, 0.1) is 0 Å². The Kier molecular flexibility index (Phi) is 6.06. The summed E-state index contributed by atoms with van der Waals surface area (Å²) in [5, 5.41) is 6.28. The maximum absolute atomic E-state index is 11.9. The van der Waals surface area contributed by atoms with Gasteiger partial charge in [-0.2, -0.15) is 0 Å². The van der Waals surface area contributed by atoms with Crippen LogP contribution in [-0.4, -0.2) is 12.5 Å². The first kappa shape index (κ1) is 15.0. The van der Waals surface area contributed by atoms with E-state index < -0.39 is 0 Å². The molecule has 1 aliphatic rings. The molecule has 1 aromatic rings. The van der Waals surface area contributed by atoms with Crippen molar-refractivity contribution in [3.8, 4) is 0 Å². The minimum absolute atomic E-state index is 0.149. The van der Waals surface area contributed by atoms with Crippen LogP contribution in [0.1, 0.15) is 51.0 Å². The Morgan fingerprint density at radius 3 is 2.55 bits per heavy atom. The van der Waals surface area contributed by atoms with Gasteiger partial charge < -0.3 is 10.6 Å².